The Balaban J connectivity index is 1.62. The first-order chi connectivity index (χ1) is 13.1. The van der Waals surface area contributed by atoms with Gasteiger partial charge in [0, 0.05) is 18.7 Å². The van der Waals surface area contributed by atoms with Crippen molar-refractivity contribution >= 4 is 17.7 Å². The molecule has 1 fully saturated rings. The second-order valence-electron chi connectivity index (χ2n) is 7.05. The summed E-state index contributed by atoms with van der Waals surface area (Å²) in [5.41, 5.74) is 0.966. The van der Waals surface area contributed by atoms with Crippen molar-refractivity contribution in [1.82, 2.24) is 20.1 Å². The number of carbonyl (C=O) groups is 1. The predicted octanol–water partition coefficient (Wildman–Crippen LogP) is 3.81. The van der Waals surface area contributed by atoms with Gasteiger partial charge in [-0.2, -0.15) is 0 Å². The summed E-state index contributed by atoms with van der Waals surface area (Å²) in [7, 11) is 3.57. The third-order valence-corrected chi connectivity index (χ3v) is 6.17. The summed E-state index contributed by atoms with van der Waals surface area (Å²) in [5, 5.41) is 12.3. The van der Waals surface area contributed by atoms with Crippen molar-refractivity contribution in [2.75, 3.05) is 7.11 Å². The monoisotopic (exact) mass is 388 g/mol. The highest BCUT2D eigenvalue weighted by molar-refractivity contribution is 8.00. The van der Waals surface area contributed by atoms with Gasteiger partial charge in [0.05, 0.1) is 12.4 Å². The molecule has 2 aromatic rings. The van der Waals surface area contributed by atoms with Gasteiger partial charge in [0.15, 0.2) is 11.0 Å². The summed E-state index contributed by atoms with van der Waals surface area (Å²) in [6.07, 6.45) is 7.17. The molecular weight excluding hydrogens is 360 g/mol. The van der Waals surface area contributed by atoms with Crippen LogP contribution in [0.1, 0.15) is 45.4 Å². The quantitative estimate of drug-likeness (QED) is 0.602. The Bertz CT molecular complexity index is 752. The van der Waals surface area contributed by atoms with E-state index in [4.69, 9.17) is 4.74 Å². The molecule has 0 spiro atoms. The van der Waals surface area contributed by atoms with Crippen molar-refractivity contribution in [3.8, 4) is 17.1 Å². The van der Waals surface area contributed by atoms with E-state index in [1.165, 1.54) is 37.4 Å². The van der Waals surface area contributed by atoms with Crippen LogP contribution >= 0.6 is 11.8 Å². The van der Waals surface area contributed by atoms with Crippen LogP contribution in [0.2, 0.25) is 0 Å². The average Bonchev–Trinajstić information content (AvgIpc) is 2.87. The summed E-state index contributed by atoms with van der Waals surface area (Å²) in [6, 6.07) is 8.04. The zero-order valence-electron chi connectivity index (χ0n) is 16.3. The third-order valence-electron chi connectivity index (χ3n) is 5.04. The molecule has 1 aromatic carbocycles. The van der Waals surface area contributed by atoms with Crippen LogP contribution < -0.4 is 10.1 Å². The first-order valence-electron chi connectivity index (χ1n) is 9.59. The van der Waals surface area contributed by atoms with Crippen molar-refractivity contribution in [2.45, 2.75) is 61.9 Å². The van der Waals surface area contributed by atoms with E-state index in [2.05, 4.69) is 15.5 Å². The van der Waals surface area contributed by atoms with E-state index in [0.29, 0.717) is 6.04 Å². The number of nitrogens with zero attached hydrogens (tertiary/aromatic N) is 3. The Morgan fingerprint density at radius 2 is 1.85 bits per heavy atom. The maximum Gasteiger partial charge on any atom is 0.233 e. The lowest BCUT2D eigenvalue weighted by atomic mass is 10.1. The maximum absolute atomic E-state index is 12.6. The molecular formula is C20H28N4O2S. The van der Waals surface area contributed by atoms with Crippen molar-refractivity contribution < 1.29 is 9.53 Å². The fourth-order valence-corrected chi connectivity index (χ4v) is 4.19. The minimum atomic E-state index is -0.208. The Kier molecular flexibility index (Phi) is 6.77. The molecule has 1 atom stereocenters. The number of ether oxygens (including phenoxy) is 1. The van der Waals surface area contributed by atoms with E-state index in [9.17, 15) is 4.79 Å². The van der Waals surface area contributed by atoms with Gasteiger partial charge in [0.2, 0.25) is 5.91 Å². The molecule has 1 aliphatic rings. The van der Waals surface area contributed by atoms with Crippen molar-refractivity contribution in [3.63, 3.8) is 0 Å². The molecule has 1 aliphatic carbocycles. The Morgan fingerprint density at radius 1 is 1.19 bits per heavy atom. The van der Waals surface area contributed by atoms with Gasteiger partial charge in [0.25, 0.3) is 0 Å². The summed E-state index contributed by atoms with van der Waals surface area (Å²) in [5.74, 6) is 1.66. The fourth-order valence-electron chi connectivity index (χ4n) is 3.36. The van der Waals surface area contributed by atoms with E-state index in [1.54, 1.807) is 7.11 Å². The van der Waals surface area contributed by atoms with Crippen LogP contribution in [-0.4, -0.2) is 39.1 Å². The topological polar surface area (TPSA) is 69.0 Å². The summed E-state index contributed by atoms with van der Waals surface area (Å²) in [4.78, 5) is 12.6. The van der Waals surface area contributed by atoms with Gasteiger partial charge < -0.3 is 14.6 Å². The fraction of sp³-hybridized carbons (Fsp3) is 0.550. The van der Waals surface area contributed by atoms with Gasteiger partial charge in [0.1, 0.15) is 5.75 Å². The molecule has 1 heterocycles. The lowest BCUT2D eigenvalue weighted by molar-refractivity contribution is -0.121. The van der Waals surface area contributed by atoms with E-state index < -0.39 is 0 Å². The number of rotatable bonds is 6. The standard InChI is InChI=1S/C20H28N4O2S/c1-14(19(25)21-16-8-6-4-5-7-9-16)27-20-23-22-18(24(20)2)15-10-12-17(26-3)13-11-15/h10-14,16H,4-9H2,1-3H3,(H,21,25)/t14-/m1/s1. The molecule has 146 valence electrons. The number of benzene rings is 1. The van der Waals surface area contributed by atoms with Gasteiger partial charge >= 0.3 is 0 Å². The van der Waals surface area contributed by atoms with Crippen molar-refractivity contribution in [3.05, 3.63) is 24.3 Å². The Hall–Kier alpha value is -2.02. The van der Waals surface area contributed by atoms with Crippen LogP contribution in [0.25, 0.3) is 11.4 Å². The molecule has 0 saturated heterocycles. The SMILES string of the molecule is COc1ccc(-c2nnc(S[C@H](C)C(=O)NC3CCCCCC3)n2C)cc1. The molecule has 1 aromatic heterocycles. The summed E-state index contributed by atoms with van der Waals surface area (Å²) >= 11 is 1.45. The van der Waals surface area contributed by atoms with Crippen LogP contribution in [-0.2, 0) is 11.8 Å². The first kappa shape index (κ1) is 19.7. The second-order valence-corrected chi connectivity index (χ2v) is 8.36. The number of methoxy groups -OCH3 is 1. The molecule has 1 N–H and O–H groups in total. The molecule has 0 unspecified atom stereocenters. The zero-order valence-corrected chi connectivity index (χ0v) is 17.1. The molecule has 1 amide bonds. The average molecular weight is 389 g/mol. The lowest BCUT2D eigenvalue weighted by Gasteiger charge is -2.19. The Morgan fingerprint density at radius 3 is 2.48 bits per heavy atom. The van der Waals surface area contributed by atoms with Gasteiger partial charge in [-0.15, -0.1) is 10.2 Å². The third kappa shape index (κ3) is 5.03. The van der Waals surface area contributed by atoms with Gasteiger partial charge in [-0.3, -0.25) is 4.79 Å². The number of hydrogen-bond acceptors (Lipinski definition) is 5. The van der Waals surface area contributed by atoms with Crippen LogP contribution in [0.5, 0.6) is 5.75 Å². The number of nitrogens with one attached hydrogen (secondary N) is 1. The molecule has 27 heavy (non-hydrogen) atoms. The normalized spacial score (nSPS) is 16.6. The number of aromatic nitrogens is 3. The summed E-state index contributed by atoms with van der Waals surface area (Å²) in [6.45, 7) is 1.93. The minimum Gasteiger partial charge on any atom is -0.497 e. The van der Waals surface area contributed by atoms with E-state index >= 15 is 0 Å². The van der Waals surface area contributed by atoms with Crippen molar-refractivity contribution in [2.24, 2.45) is 7.05 Å². The summed E-state index contributed by atoms with van der Waals surface area (Å²) < 4.78 is 7.13. The molecule has 0 radical (unpaired) electrons. The van der Waals surface area contributed by atoms with Crippen LogP contribution in [0.3, 0.4) is 0 Å². The van der Waals surface area contributed by atoms with Gasteiger partial charge in [-0.25, -0.2) is 0 Å². The smallest absolute Gasteiger partial charge is 0.233 e. The highest BCUT2D eigenvalue weighted by Crippen LogP contribution is 2.27. The van der Waals surface area contributed by atoms with E-state index in [0.717, 1.165) is 35.1 Å². The highest BCUT2D eigenvalue weighted by Gasteiger charge is 2.22. The number of hydrogen-bond donors (Lipinski definition) is 1. The van der Waals surface area contributed by atoms with Crippen LogP contribution in [0.4, 0.5) is 0 Å². The van der Waals surface area contributed by atoms with Crippen LogP contribution in [0, 0.1) is 0 Å². The maximum atomic E-state index is 12.6. The van der Waals surface area contributed by atoms with Crippen molar-refractivity contribution in [1.29, 1.82) is 0 Å². The van der Waals surface area contributed by atoms with E-state index in [1.807, 2.05) is 42.8 Å². The number of thioether (sulfide) groups is 1. The molecule has 1 saturated carbocycles. The lowest BCUT2D eigenvalue weighted by Crippen LogP contribution is -2.39. The molecule has 6 nitrogen and oxygen atoms in total. The molecule has 0 aliphatic heterocycles. The molecule has 3 rings (SSSR count). The Labute approximate surface area is 165 Å². The number of amides is 1. The predicted molar refractivity (Wildman–Crippen MR) is 108 cm³/mol. The number of carbonyl (C=O) groups excluding carboxylic acids is 1. The second kappa shape index (κ2) is 9.26. The molecule has 7 heteroatoms. The van der Waals surface area contributed by atoms with E-state index in [-0.39, 0.29) is 11.2 Å². The largest absolute Gasteiger partial charge is 0.497 e. The van der Waals surface area contributed by atoms with Gasteiger partial charge in [-0.1, -0.05) is 37.4 Å². The first-order valence-corrected chi connectivity index (χ1v) is 10.5. The molecule has 0 bridgehead atoms. The minimum absolute atomic E-state index is 0.0842. The van der Waals surface area contributed by atoms with Crippen LogP contribution in [0.15, 0.2) is 29.4 Å². The zero-order chi connectivity index (χ0) is 19.2. The van der Waals surface area contributed by atoms with Gasteiger partial charge in [-0.05, 0) is 44.0 Å². The highest BCUT2D eigenvalue weighted by atomic mass is 32.2.